The van der Waals surface area contributed by atoms with E-state index in [2.05, 4.69) is 37.9 Å². The average Bonchev–Trinajstić information content (AvgIpc) is 2.64. The van der Waals surface area contributed by atoms with Gasteiger partial charge in [-0.15, -0.1) is 0 Å². The molecule has 1 fully saturated rings. The van der Waals surface area contributed by atoms with Crippen LogP contribution in [0.5, 0.6) is 0 Å². The summed E-state index contributed by atoms with van der Waals surface area (Å²) in [5, 5.41) is 0. The van der Waals surface area contributed by atoms with Crippen LogP contribution >= 0.6 is 0 Å². The molecule has 2 nitrogen and oxygen atoms in total. The molecule has 2 heteroatoms. The van der Waals surface area contributed by atoms with Gasteiger partial charge in [-0.2, -0.15) is 0 Å². The Morgan fingerprint density at radius 3 is 2.13 bits per heavy atom. The molecule has 15 heavy (non-hydrogen) atoms. The fraction of sp³-hybridized carbons (Fsp3) is 1.00. The number of hydrogen-bond acceptors (Lipinski definition) is 2. The van der Waals surface area contributed by atoms with Gasteiger partial charge in [-0.05, 0) is 47.0 Å². The van der Waals surface area contributed by atoms with E-state index in [0.29, 0.717) is 5.54 Å². The molecule has 0 unspecified atom stereocenters. The van der Waals surface area contributed by atoms with E-state index in [1.54, 1.807) is 0 Å². The summed E-state index contributed by atoms with van der Waals surface area (Å²) in [5.74, 6) is 0. The third-order valence-electron chi connectivity index (χ3n) is 3.94. The minimum atomic E-state index is 0.475. The molecular formula is C13H28N2. The first-order valence-corrected chi connectivity index (χ1v) is 6.47. The molecule has 0 atom stereocenters. The molecule has 0 aromatic rings. The van der Waals surface area contributed by atoms with Gasteiger partial charge in [0.1, 0.15) is 0 Å². The minimum Gasteiger partial charge on any atom is -0.305 e. The Labute approximate surface area is 95.6 Å². The van der Waals surface area contributed by atoms with Crippen molar-refractivity contribution in [3.8, 4) is 0 Å². The quantitative estimate of drug-likeness (QED) is 0.668. The van der Waals surface area contributed by atoms with Crippen molar-refractivity contribution in [2.45, 2.75) is 51.0 Å². The van der Waals surface area contributed by atoms with Crippen LogP contribution in [-0.4, -0.2) is 49.6 Å². The minimum absolute atomic E-state index is 0.475. The molecule has 0 aromatic carbocycles. The van der Waals surface area contributed by atoms with Crippen LogP contribution in [0.4, 0.5) is 0 Å². The van der Waals surface area contributed by atoms with Crippen LogP contribution in [0.2, 0.25) is 0 Å². The van der Waals surface area contributed by atoms with Gasteiger partial charge in [0.2, 0.25) is 0 Å². The predicted octanol–water partition coefficient (Wildman–Crippen LogP) is 2.59. The summed E-state index contributed by atoms with van der Waals surface area (Å²) in [5.41, 5.74) is 0.475. The Kier molecular flexibility index (Phi) is 5.07. The second kappa shape index (κ2) is 5.86. The molecule has 0 N–H and O–H groups in total. The van der Waals surface area contributed by atoms with E-state index < -0.39 is 0 Å². The third-order valence-corrected chi connectivity index (χ3v) is 3.94. The van der Waals surface area contributed by atoms with Crippen molar-refractivity contribution < 1.29 is 0 Å². The molecule has 0 saturated heterocycles. The van der Waals surface area contributed by atoms with Crippen molar-refractivity contribution >= 4 is 0 Å². The normalized spacial score (nSPS) is 20.4. The van der Waals surface area contributed by atoms with Crippen molar-refractivity contribution in [2.75, 3.05) is 34.2 Å². The van der Waals surface area contributed by atoms with Gasteiger partial charge in [-0.3, -0.25) is 0 Å². The second-order valence-electron chi connectivity index (χ2n) is 5.42. The fourth-order valence-corrected chi connectivity index (χ4v) is 2.79. The summed E-state index contributed by atoms with van der Waals surface area (Å²) in [6.45, 7) is 4.78. The maximum Gasteiger partial charge on any atom is 0.0330 e. The highest BCUT2D eigenvalue weighted by atomic mass is 15.2. The SMILES string of the molecule is CCCCN(C)CC1(N(C)C)CCCC1. The largest absolute Gasteiger partial charge is 0.305 e. The maximum absolute atomic E-state index is 2.52. The van der Waals surface area contributed by atoms with E-state index in [0.717, 1.165) is 0 Å². The number of likely N-dealkylation sites (N-methyl/N-ethyl adjacent to an activating group) is 2. The summed E-state index contributed by atoms with van der Waals surface area (Å²) < 4.78 is 0. The monoisotopic (exact) mass is 212 g/mol. The van der Waals surface area contributed by atoms with Gasteiger partial charge in [0.25, 0.3) is 0 Å². The van der Waals surface area contributed by atoms with Crippen LogP contribution in [0.3, 0.4) is 0 Å². The lowest BCUT2D eigenvalue weighted by molar-refractivity contribution is 0.105. The second-order valence-corrected chi connectivity index (χ2v) is 5.42. The van der Waals surface area contributed by atoms with Gasteiger partial charge in [0.05, 0.1) is 0 Å². The highest BCUT2D eigenvalue weighted by Crippen LogP contribution is 2.34. The fourth-order valence-electron chi connectivity index (χ4n) is 2.79. The smallest absolute Gasteiger partial charge is 0.0330 e. The molecule has 0 spiro atoms. The van der Waals surface area contributed by atoms with E-state index in [4.69, 9.17) is 0 Å². The molecule has 1 saturated carbocycles. The Morgan fingerprint density at radius 1 is 1.07 bits per heavy atom. The highest BCUT2D eigenvalue weighted by Gasteiger charge is 2.36. The molecule has 1 aliphatic carbocycles. The molecule has 0 bridgehead atoms. The molecule has 1 rings (SSSR count). The van der Waals surface area contributed by atoms with Gasteiger partial charge in [-0.1, -0.05) is 26.2 Å². The highest BCUT2D eigenvalue weighted by molar-refractivity contribution is 4.94. The van der Waals surface area contributed by atoms with E-state index in [1.807, 2.05) is 0 Å². The van der Waals surface area contributed by atoms with Crippen molar-refractivity contribution in [1.29, 1.82) is 0 Å². The first-order valence-electron chi connectivity index (χ1n) is 6.47. The lowest BCUT2D eigenvalue weighted by Crippen LogP contribution is -2.50. The average molecular weight is 212 g/mol. The van der Waals surface area contributed by atoms with Crippen LogP contribution in [0, 0.1) is 0 Å². The maximum atomic E-state index is 2.52. The first-order chi connectivity index (χ1) is 7.10. The van der Waals surface area contributed by atoms with Gasteiger partial charge in [0, 0.05) is 12.1 Å². The van der Waals surface area contributed by atoms with Gasteiger partial charge < -0.3 is 9.80 Å². The van der Waals surface area contributed by atoms with Crippen molar-refractivity contribution in [1.82, 2.24) is 9.80 Å². The van der Waals surface area contributed by atoms with Gasteiger partial charge in [0.15, 0.2) is 0 Å². The van der Waals surface area contributed by atoms with Crippen LogP contribution in [0.15, 0.2) is 0 Å². The van der Waals surface area contributed by atoms with Crippen molar-refractivity contribution in [3.05, 3.63) is 0 Å². The van der Waals surface area contributed by atoms with E-state index in [-0.39, 0.29) is 0 Å². The van der Waals surface area contributed by atoms with Gasteiger partial charge >= 0.3 is 0 Å². The number of nitrogens with zero attached hydrogens (tertiary/aromatic N) is 2. The molecule has 0 amide bonds. The zero-order chi connectivity index (χ0) is 11.3. The van der Waals surface area contributed by atoms with Crippen LogP contribution in [-0.2, 0) is 0 Å². The summed E-state index contributed by atoms with van der Waals surface area (Å²) in [7, 11) is 6.77. The van der Waals surface area contributed by atoms with Crippen molar-refractivity contribution in [3.63, 3.8) is 0 Å². The zero-order valence-corrected chi connectivity index (χ0v) is 11.1. The predicted molar refractivity (Wildman–Crippen MR) is 67.3 cm³/mol. The molecule has 0 radical (unpaired) electrons. The number of rotatable bonds is 6. The molecule has 0 aliphatic heterocycles. The van der Waals surface area contributed by atoms with Crippen LogP contribution in [0.25, 0.3) is 0 Å². The molecular weight excluding hydrogens is 184 g/mol. The third kappa shape index (κ3) is 3.46. The van der Waals surface area contributed by atoms with E-state index in [9.17, 15) is 0 Å². The Hall–Kier alpha value is -0.0800. The lowest BCUT2D eigenvalue weighted by atomic mass is 9.95. The Balaban J connectivity index is 2.44. The molecule has 90 valence electrons. The summed E-state index contributed by atoms with van der Waals surface area (Å²) >= 11 is 0. The van der Waals surface area contributed by atoms with E-state index in [1.165, 1.54) is 51.6 Å². The number of unbranched alkanes of at least 4 members (excludes halogenated alkanes) is 1. The lowest BCUT2D eigenvalue weighted by Gasteiger charge is -2.39. The summed E-state index contributed by atoms with van der Waals surface area (Å²) in [6.07, 6.45) is 8.24. The van der Waals surface area contributed by atoms with Gasteiger partial charge in [-0.25, -0.2) is 0 Å². The summed E-state index contributed by atoms with van der Waals surface area (Å²) in [6, 6.07) is 0. The zero-order valence-electron chi connectivity index (χ0n) is 11.1. The molecule has 0 heterocycles. The van der Waals surface area contributed by atoms with E-state index >= 15 is 0 Å². The van der Waals surface area contributed by atoms with Crippen molar-refractivity contribution in [2.24, 2.45) is 0 Å². The molecule has 0 aromatic heterocycles. The Morgan fingerprint density at radius 2 is 1.67 bits per heavy atom. The Bertz CT molecular complexity index is 171. The topological polar surface area (TPSA) is 6.48 Å². The number of hydrogen-bond donors (Lipinski definition) is 0. The standard InChI is InChI=1S/C13H28N2/c1-5-6-11-15(4)12-13(14(2)3)9-7-8-10-13/h5-12H2,1-4H3. The molecule has 1 aliphatic rings. The first kappa shape index (κ1) is 13.0. The summed E-state index contributed by atoms with van der Waals surface area (Å²) in [4.78, 5) is 4.98. The van der Waals surface area contributed by atoms with Crippen LogP contribution < -0.4 is 0 Å². The van der Waals surface area contributed by atoms with Crippen LogP contribution in [0.1, 0.15) is 45.4 Å².